The topological polar surface area (TPSA) is 112 Å². The molecule has 142 valence electrons. The average Bonchev–Trinajstić information content (AvgIpc) is 3.30. The second-order valence-corrected chi connectivity index (χ2v) is 6.75. The van der Waals surface area contributed by atoms with Crippen LogP contribution in [0.25, 0.3) is 11.1 Å². The van der Waals surface area contributed by atoms with Crippen LogP contribution in [0.3, 0.4) is 0 Å². The SMILES string of the molecule is Cc1cc(C[C@@H]2COC[C@@H]2NC(=O)Nc2ccc3c(c2)oc(=O)n3C)on1. The molecule has 1 saturated heterocycles. The first-order valence-corrected chi connectivity index (χ1v) is 8.66. The lowest BCUT2D eigenvalue weighted by molar-refractivity contribution is 0.181. The number of urea groups is 1. The average molecular weight is 372 g/mol. The van der Waals surface area contributed by atoms with Crippen LogP contribution in [0, 0.1) is 12.8 Å². The fourth-order valence-corrected chi connectivity index (χ4v) is 3.28. The second kappa shape index (κ2) is 6.92. The Morgan fingerprint density at radius 3 is 2.96 bits per heavy atom. The molecule has 1 aliphatic rings. The number of benzene rings is 1. The van der Waals surface area contributed by atoms with Crippen molar-refractivity contribution in [1.82, 2.24) is 15.0 Å². The van der Waals surface area contributed by atoms with Crippen LogP contribution in [-0.4, -0.2) is 35.0 Å². The molecule has 0 radical (unpaired) electrons. The summed E-state index contributed by atoms with van der Waals surface area (Å²) < 4.78 is 17.3. The Morgan fingerprint density at radius 1 is 1.33 bits per heavy atom. The highest BCUT2D eigenvalue weighted by atomic mass is 16.5. The minimum absolute atomic E-state index is 0.109. The van der Waals surface area contributed by atoms with Gasteiger partial charge in [0.05, 0.1) is 30.5 Å². The van der Waals surface area contributed by atoms with Crippen molar-refractivity contribution in [2.45, 2.75) is 19.4 Å². The zero-order chi connectivity index (χ0) is 19.0. The van der Waals surface area contributed by atoms with Crippen molar-refractivity contribution in [3.8, 4) is 0 Å². The van der Waals surface area contributed by atoms with Crippen molar-refractivity contribution in [3.05, 3.63) is 46.3 Å². The van der Waals surface area contributed by atoms with Crippen LogP contribution in [0.1, 0.15) is 11.5 Å². The summed E-state index contributed by atoms with van der Waals surface area (Å²) in [6, 6.07) is 6.48. The van der Waals surface area contributed by atoms with Gasteiger partial charge in [0.15, 0.2) is 5.58 Å². The first-order valence-electron chi connectivity index (χ1n) is 8.66. The Labute approximate surface area is 154 Å². The Morgan fingerprint density at radius 2 is 2.19 bits per heavy atom. The number of oxazole rings is 1. The molecule has 2 N–H and O–H groups in total. The summed E-state index contributed by atoms with van der Waals surface area (Å²) in [4.78, 5) is 23.9. The summed E-state index contributed by atoms with van der Waals surface area (Å²) >= 11 is 0. The van der Waals surface area contributed by atoms with Crippen LogP contribution in [-0.2, 0) is 18.2 Å². The number of rotatable bonds is 4. The number of carbonyl (C=O) groups excluding carboxylic acids is 1. The first kappa shape index (κ1) is 17.3. The summed E-state index contributed by atoms with van der Waals surface area (Å²) in [5, 5.41) is 9.58. The van der Waals surface area contributed by atoms with E-state index in [1.807, 2.05) is 13.0 Å². The molecule has 0 bridgehead atoms. The zero-order valence-corrected chi connectivity index (χ0v) is 15.0. The van der Waals surface area contributed by atoms with Crippen LogP contribution >= 0.6 is 0 Å². The van der Waals surface area contributed by atoms with Crippen LogP contribution < -0.4 is 16.4 Å². The van der Waals surface area contributed by atoms with Gasteiger partial charge in [-0.15, -0.1) is 0 Å². The van der Waals surface area contributed by atoms with E-state index in [4.69, 9.17) is 13.7 Å². The summed E-state index contributed by atoms with van der Waals surface area (Å²) in [7, 11) is 1.63. The minimum atomic E-state index is -0.444. The number of ether oxygens (including phenoxy) is 1. The smallest absolute Gasteiger partial charge is 0.408 e. The van der Waals surface area contributed by atoms with Gasteiger partial charge in [0.1, 0.15) is 5.76 Å². The summed E-state index contributed by atoms with van der Waals surface area (Å²) in [5.41, 5.74) is 2.45. The molecule has 0 spiro atoms. The molecule has 0 aliphatic carbocycles. The Kier molecular flexibility index (Phi) is 4.44. The fraction of sp³-hybridized carbons (Fsp3) is 0.389. The van der Waals surface area contributed by atoms with Crippen LogP contribution in [0.15, 0.2) is 38.0 Å². The minimum Gasteiger partial charge on any atom is -0.408 e. The lowest BCUT2D eigenvalue weighted by Gasteiger charge is -2.18. The number of hydrogen-bond donors (Lipinski definition) is 2. The summed E-state index contributed by atoms with van der Waals surface area (Å²) in [6.07, 6.45) is 0.646. The highest BCUT2D eigenvalue weighted by Gasteiger charge is 2.30. The third kappa shape index (κ3) is 3.59. The van der Waals surface area contributed by atoms with Gasteiger partial charge < -0.3 is 24.3 Å². The molecule has 9 heteroatoms. The van der Waals surface area contributed by atoms with Gasteiger partial charge in [0.2, 0.25) is 0 Å². The monoisotopic (exact) mass is 372 g/mol. The first-order chi connectivity index (χ1) is 13.0. The van der Waals surface area contributed by atoms with Crippen molar-refractivity contribution >= 4 is 22.8 Å². The second-order valence-electron chi connectivity index (χ2n) is 6.75. The number of carbonyl (C=O) groups is 1. The van der Waals surface area contributed by atoms with E-state index < -0.39 is 5.76 Å². The Bertz CT molecular complexity index is 1030. The lowest BCUT2D eigenvalue weighted by Crippen LogP contribution is -2.42. The maximum atomic E-state index is 12.4. The molecule has 4 rings (SSSR count). The molecule has 3 heterocycles. The standard InChI is InChI=1S/C18H20N4O5/c1-10-5-13(27-21-10)6-11-8-25-9-14(11)20-17(23)19-12-3-4-15-16(7-12)26-18(24)22(15)2/h3-5,7,11,14H,6,8-9H2,1-2H3,(H2,19,20,23)/t11-,14+/m1/s1. The van der Waals surface area contributed by atoms with E-state index in [0.29, 0.717) is 36.4 Å². The molecular weight excluding hydrogens is 352 g/mol. The lowest BCUT2D eigenvalue weighted by atomic mass is 9.98. The molecule has 1 fully saturated rings. The number of aromatic nitrogens is 2. The van der Waals surface area contributed by atoms with Crippen molar-refractivity contribution in [3.63, 3.8) is 0 Å². The number of amides is 2. The van der Waals surface area contributed by atoms with Crippen LogP contribution in [0.5, 0.6) is 0 Å². The molecule has 2 aromatic heterocycles. The van der Waals surface area contributed by atoms with Crippen molar-refractivity contribution < 1.29 is 18.5 Å². The van der Waals surface area contributed by atoms with Gasteiger partial charge in [0.25, 0.3) is 0 Å². The predicted octanol–water partition coefficient (Wildman–Crippen LogP) is 1.81. The molecule has 2 atom stereocenters. The third-order valence-corrected chi connectivity index (χ3v) is 4.71. The van der Waals surface area contributed by atoms with Gasteiger partial charge >= 0.3 is 11.8 Å². The van der Waals surface area contributed by atoms with E-state index in [2.05, 4.69) is 15.8 Å². The molecule has 27 heavy (non-hydrogen) atoms. The van der Waals surface area contributed by atoms with Crippen LogP contribution in [0.2, 0.25) is 0 Å². The molecule has 2 amide bonds. The van der Waals surface area contributed by atoms with Gasteiger partial charge in [0, 0.05) is 37.2 Å². The maximum absolute atomic E-state index is 12.4. The largest absolute Gasteiger partial charge is 0.419 e. The van der Waals surface area contributed by atoms with E-state index in [1.165, 1.54) is 4.57 Å². The quantitative estimate of drug-likeness (QED) is 0.722. The van der Waals surface area contributed by atoms with Gasteiger partial charge in [-0.05, 0) is 19.1 Å². The number of nitrogens with zero attached hydrogens (tertiary/aromatic N) is 2. The number of aryl methyl sites for hydroxylation is 2. The number of hydrogen-bond acceptors (Lipinski definition) is 6. The van der Waals surface area contributed by atoms with Crippen molar-refractivity contribution in [2.75, 3.05) is 18.5 Å². The fourth-order valence-electron chi connectivity index (χ4n) is 3.28. The number of fused-ring (bicyclic) bond motifs is 1. The third-order valence-electron chi connectivity index (χ3n) is 4.71. The number of nitrogens with one attached hydrogen (secondary N) is 2. The zero-order valence-electron chi connectivity index (χ0n) is 15.0. The summed E-state index contributed by atoms with van der Waals surface area (Å²) in [6.45, 7) is 2.86. The van der Waals surface area contributed by atoms with Gasteiger partial charge in [-0.25, -0.2) is 9.59 Å². The number of anilines is 1. The molecule has 0 saturated carbocycles. The van der Waals surface area contributed by atoms with Gasteiger partial charge in [-0.1, -0.05) is 5.16 Å². The van der Waals surface area contributed by atoms with Crippen molar-refractivity contribution in [1.29, 1.82) is 0 Å². The molecule has 1 aromatic carbocycles. The molecule has 9 nitrogen and oxygen atoms in total. The van der Waals surface area contributed by atoms with E-state index >= 15 is 0 Å². The van der Waals surface area contributed by atoms with Crippen LogP contribution in [0.4, 0.5) is 10.5 Å². The van der Waals surface area contributed by atoms with Gasteiger partial charge in [-0.3, -0.25) is 4.57 Å². The summed E-state index contributed by atoms with van der Waals surface area (Å²) in [5.74, 6) is 0.442. The van der Waals surface area contributed by atoms with E-state index in [1.54, 1.807) is 25.2 Å². The predicted molar refractivity (Wildman–Crippen MR) is 96.7 cm³/mol. The maximum Gasteiger partial charge on any atom is 0.419 e. The molecular formula is C18H20N4O5. The Hall–Kier alpha value is -3.07. The van der Waals surface area contributed by atoms with E-state index in [9.17, 15) is 9.59 Å². The van der Waals surface area contributed by atoms with Crippen molar-refractivity contribution in [2.24, 2.45) is 13.0 Å². The molecule has 3 aromatic rings. The molecule has 1 aliphatic heterocycles. The van der Waals surface area contributed by atoms with Gasteiger partial charge in [-0.2, -0.15) is 0 Å². The van der Waals surface area contributed by atoms with E-state index in [-0.39, 0.29) is 18.0 Å². The molecule has 0 unspecified atom stereocenters. The highest BCUT2D eigenvalue weighted by molar-refractivity contribution is 5.91. The Balaban J connectivity index is 1.40. The van der Waals surface area contributed by atoms with E-state index in [0.717, 1.165) is 11.5 Å². The normalized spacial score (nSPS) is 19.5. The highest BCUT2D eigenvalue weighted by Crippen LogP contribution is 2.21.